The number of hydrogen-bond acceptors (Lipinski definition) is 6. The lowest BCUT2D eigenvalue weighted by Crippen LogP contribution is -2.34. The standard InChI is InChI=1S/C14H21N3O5S/c1-14(2,3)22-13(19)15-10(12(18)21-5)7-9-8-11(23(6)20)17(4)16-9/h7-8H,1-6H3,(H,15,19)/b10-7+. The summed E-state index contributed by atoms with van der Waals surface area (Å²) >= 11 is -1.23. The molecule has 0 aliphatic rings. The predicted octanol–water partition coefficient (Wildman–Crippen LogP) is 1.20. The lowest BCUT2D eigenvalue weighted by atomic mass is 10.2. The summed E-state index contributed by atoms with van der Waals surface area (Å²) in [6.45, 7) is 5.11. The number of methoxy groups -OCH3 is 1. The van der Waals surface area contributed by atoms with Crippen LogP contribution in [0.4, 0.5) is 4.79 Å². The van der Waals surface area contributed by atoms with Crippen LogP contribution < -0.4 is 5.32 Å². The molecule has 0 spiro atoms. The molecule has 1 atom stereocenters. The number of aromatic nitrogens is 2. The third-order valence-electron chi connectivity index (χ3n) is 2.48. The average Bonchev–Trinajstić information content (AvgIpc) is 2.76. The fourth-order valence-corrected chi connectivity index (χ4v) is 2.33. The van der Waals surface area contributed by atoms with E-state index < -0.39 is 28.8 Å². The van der Waals surface area contributed by atoms with Gasteiger partial charge in [0.2, 0.25) is 5.03 Å². The average molecular weight is 343 g/mol. The summed E-state index contributed by atoms with van der Waals surface area (Å²) in [6, 6.07) is 1.55. The quantitative estimate of drug-likeness (QED) is 0.500. The monoisotopic (exact) mass is 343 g/mol. The second-order valence-electron chi connectivity index (χ2n) is 5.66. The van der Waals surface area contributed by atoms with Crippen molar-refractivity contribution in [3.63, 3.8) is 0 Å². The smallest absolute Gasteiger partial charge is 0.412 e. The molecule has 1 heterocycles. The Balaban J connectivity index is 3.05. The molecule has 0 saturated heterocycles. The summed E-state index contributed by atoms with van der Waals surface area (Å²) in [5, 5.41) is 6.93. The van der Waals surface area contributed by atoms with Crippen molar-refractivity contribution in [1.82, 2.24) is 15.1 Å². The van der Waals surface area contributed by atoms with Crippen LogP contribution in [0.15, 0.2) is 16.8 Å². The zero-order valence-electron chi connectivity index (χ0n) is 14.0. The molecule has 23 heavy (non-hydrogen) atoms. The summed E-state index contributed by atoms with van der Waals surface area (Å²) in [7, 11) is 2.82. The van der Waals surface area contributed by atoms with Gasteiger partial charge in [-0.3, -0.25) is 5.32 Å². The molecular formula is C14H21N3O5S. The maximum Gasteiger partial charge on any atom is 0.412 e. The van der Waals surface area contributed by atoms with Crippen molar-refractivity contribution < 1.29 is 23.6 Å². The number of amides is 1. The number of esters is 1. The van der Waals surface area contributed by atoms with Crippen LogP contribution in [0.5, 0.6) is 0 Å². The minimum atomic E-state index is -1.23. The lowest BCUT2D eigenvalue weighted by Gasteiger charge is -2.19. The minimum absolute atomic E-state index is 0.131. The molecule has 0 aromatic carbocycles. The van der Waals surface area contributed by atoms with Crippen molar-refractivity contribution in [2.45, 2.75) is 31.4 Å². The maximum atomic E-state index is 11.8. The van der Waals surface area contributed by atoms with Crippen molar-refractivity contribution in [2.75, 3.05) is 13.4 Å². The van der Waals surface area contributed by atoms with Crippen LogP contribution in [0, 0.1) is 0 Å². The largest absolute Gasteiger partial charge is 0.610 e. The number of rotatable bonds is 4. The minimum Gasteiger partial charge on any atom is -0.610 e. The Morgan fingerprint density at radius 1 is 1.43 bits per heavy atom. The molecular weight excluding hydrogens is 322 g/mol. The molecule has 1 amide bonds. The van der Waals surface area contributed by atoms with Crippen molar-refractivity contribution in [1.29, 1.82) is 0 Å². The highest BCUT2D eigenvalue weighted by atomic mass is 32.2. The second-order valence-corrected chi connectivity index (χ2v) is 6.99. The predicted molar refractivity (Wildman–Crippen MR) is 84.9 cm³/mol. The van der Waals surface area contributed by atoms with Crippen LogP contribution in [0.25, 0.3) is 6.08 Å². The number of nitrogens with zero attached hydrogens (tertiary/aromatic N) is 2. The Bertz CT molecular complexity index is 616. The van der Waals surface area contributed by atoms with E-state index in [0.29, 0.717) is 10.7 Å². The molecule has 1 unspecified atom stereocenters. The van der Waals surface area contributed by atoms with Crippen LogP contribution in [0.3, 0.4) is 0 Å². The van der Waals surface area contributed by atoms with Crippen molar-refractivity contribution in [3.05, 3.63) is 17.5 Å². The van der Waals surface area contributed by atoms with Crippen LogP contribution in [0.2, 0.25) is 0 Å². The molecule has 1 aromatic heterocycles. The number of ether oxygens (including phenoxy) is 2. The van der Waals surface area contributed by atoms with Gasteiger partial charge in [0, 0.05) is 24.3 Å². The van der Waals surface area contributed by atoms with E-state index in [9.17, 15) is 14.1 Å². The zero-order chi connectivity index (χ0) is 17.8. The molecule has 1 N–H and O–H groups in total. The molecule has 0 aliphatic carbocycles. The zero-order valence-corrected chi connectivity index (χ0v) is 14.8. The highest BCUT2D eigenvalue weighted by Gasteiger charge is 2.21. The van der Waals surface area contributed by atoms with Gasteiger partial charge >= 0.3 is 12.1 Å². The molecule has 0 aliphatic heterocycles. The Morgan fingerprint density at radius 3 is 2.48 bits per heavy atom. The molecule has 9 heteroatoms. The number of aryl methyl sites for hydroxylation is 1. The Morgan fingerprint density at radius 2 is 2.04 bits per heavy atom. The first-order valence-corrected chi connectivity index (χ1v) is 8.27. The molecule has 0 saturated carbocycles. The van der Waals surface area contributed by atoms with Gasteiger partial charge in [0.15, 0.2) is 0 Å². The van der Waals surface area contributed by atoms with E-state index in [1.807, 2.05) is 0 Å². The number of alkyl carbamates (subject to hydrolysis) is 1. The SMILES string of the molecule is COC(=O)/C(=C\c1cc([S+](C)[O-])n(C)n1)NC(=O)OC(C)(C)C. The van der Waals surface area contributed by atoms with E-state index >= 15 is 0 Å². The van der Waals surface area contributed by atoms with Crippen LogP contribution in [-0.4, -0.2) is 45.4 Å². The number of carbonyl (C=O) groups excluding carboxylic acids is 2. The topological polar surface area (TPSA) is 106 Å². The highest BCUT2D eigenvalue weighted by Crippen LogP contribution is 2.13. The summed E-state index contributed by atoms with van der Waals surface area (Å²) < 4.78 is 22.7. The van der Waals surface area contributed by atoms with Crippen LogP contribution in [-0.2, 0) is 32.5 Å². The van der Waals surface area contributed by atoms with Gasteiger partial charge in [0.25, 0.3) is 0 Å². The van der Waals surface area contributed by atoms with Crippen LogP contribution >= 0.6 is 0 Å². The number of carbonyl (C=O) groups is 2. The van der Waals surface area contributed by atoms with Gasteiger partial charge < -0.3 is 14.0 Å². The van der Waals surface area contributed by atoms with Gasteiger partial charge in [0.05, 0.1) is 12.8 Å². The van der Waals surface area contributed by atoms with Crippen molar-refractivity contribution in [2.24, 2.45) is 7.05 Å². The van der Waals surface area contributed by atoms with Gasteiger partial charge in [-0.1, -0.05) is 0 Å². The summed E-state index contributed by atoms with van der Waals surface area (Å²) in [5.41, 5.74) is -0.481. The number of nitrogens with one attached hydrogen (secondary N) is 1. The molecule has 0 bridgehead atoms. The van der Waals surface area contributed by atoms with Crippen molar-refractivity contribution >= 4 is 29.3 Å². The normalized spacial score (nSPS) is 13.4. The Labute approximate surface area is 138 Å². The van der Waals surface area contributed by atoms with Gasteiger partial charge in [-0.25, -0.2) is 14.3 Å². The fraction of sp³-hybridized carbons (Fsp3) is 0.500. The maximum absolute atomic E-state index is 11.8. The van der Waals surface area contributed by atoms with Crippen LogP contribution in [0.1, 0.15) is 26.5 Å². The molecule has 128 valence electrons. The first kappa shape index (κ1) is 19.0. The van der Waals surface area contributed by atoms with E-state index in [4.69, 9.17) is 4.74 Å². The van der Waals surface area contributed by atoms with Gasteiger partial charge in [-0.15, -0.1) is 0 Å². The van der Waals surface area contributed by atoms with E-state index in [2.05, 4.69) is 15.2 Å². The third-order valence-corrected chi connectivity index (χ3v) is 3.45. The lowest BCUT2D eigenvalue weighted by molar-refractivity contribution is -0.136. The molecule has 8 nitrogen and oxygen atoms in total. The highest BCUT2D eigenvalue weighted by molar-refractivity contribution is 7.90. The molecule has 1 aromatic rings. The molecule has 0 fully saturated rings. The Hall–Kier alpha value is -2.00. The van der Waals surface area contributed by atoms with Gasteiger partial charge in [-0.2, -0.15) is 5.10 Å². The fourth-order valence-electron chi connectivity index (χ4n) is 1.63. The van der Waals surface area contributed by atoms with E-state index in [0.717, 1.165) is 0 Å². The Kier molecular flexibility index (Phi) is 6.22. The van der Waals surface area contributed by atoms with Gasteiger partial charge in [0.1, 0.15) is 17.6 Å². The summed E-state index contributed by atoms with van der Waals surface area (Å²) in [4.78, 5) is 23.6. The van der Waals surface area contributed by atoms with E-state index in [-0.39, 0.29) is 5.70 Å². The molecule has 0 radical (unpaired) electrons. The third kappa shape index (κ3) is 5.95. The summed E-state index contributed by atoms with van der Waals surface area (Å²) in [5.74, 6) is -0.749. The first-order chi connectivity index (χ1) is 10.5. The number of hydrogen-bond donors (Lipinski definition) is 1. The van der Waals surface area contributed by atoms with Crippen molar-refractivity contribution in [3.8, 4) is 0 Å². The van der Waals surface area contributed by atoms with E-state index in [1.165, 1.54) is 24.1 Å². The molecule has 1 rings (SSSR count). The second kappa shape index (κ2) is 7.51. The summed E-state index contributed by atoms with van der Waals surface area (Å²) in [6.07, 6.45) is 2.06. The van der Waals surface area contributed by atoms with E-state index in [1.54, 1.807) is 33.9 Å². The first-order valence-electron chi connectivity index (χ1n) is 6.71. The van der Waals surface area contributed by atoms with Gasteiger partial charge in [-0.05, 0) is 26.8 Å².